The number of benzene rings is 2. The number of carbonyl (C=O) groups excluding carboxylic acids is 1. The first-order valence-electron chi connectivity index (χ1n) is 7.28. The molecule has 2 aromatic carbocycles. The number of hydrogen-bond acceptors (Lipinski definition) is 2. The van der Waals surface area contributed by atoms with Gasteiger partial charge in [0.2, 0.25) is 0 Å². The first-order chi connectivity index (χ1) is 10.5. The molecule has 0 aliphatic carbocycles. The van der Waals surface area contributed by atoms with Gasteiger partial charge in [-0.1, -0.05) is 18.2 Å². The van der Waals surface area contributed by atoms with Crippen molar-refractivity contribution in [3.8, 4) is 5.75 Å². The minimum atomic E-state index is -0.282. The van der Waals surface area contributed by atoms with Gasteiger partial charge in [-0.3, -0.25) is 0 Å². The molecule has 0 fully saturated rings. The molecule has 0 spiro atoms. The number of aryl methyl sites for hydroxylation is 3. The van der Waals surface area contributed by atoms with Crippen molar-refractivity contribution in [2.45, 2.75) is 27.7 Å². The van der Waals surface area contributed by atoms with Crippen molar-refractivity contribution >= 4 is 11.7 Å². The van der Waals surface area contributed by atoms with Gasteiger partial charge in [0, 0.05) is 5.69 Å². The molecule has 2 aromatic rings. The highest BCUT2D eigenvalue weighted by atomic mass is 16.5. The second kappa shape index (κ2) is 6.98. The fourth-order valence-electron chi connectivity index (χ4n) is 2.28. The molecule has 4 heteroatoms. The van der Waals surface area contributed by atoms with Crippen LogP contribution >= 0.6 is 0 Å². The lowest BCUT2D eigenvalue weighted by atomic mass is 10.1. The number of hydrogen-bond donors (Lipinski definition) is 2. The number of anilines is 1. The van der Waals surface area contributed by atoms with Crippen molar-refractivity contribution in [1.29, 1.82) is 0 Å². The van der Waals surface area contributed by atoms with Gasteiger partial charge in [-0.05, 0) is 68.1 Å². The molecule has 0 bridgehead atoms. The van der Waals surface area contributed by atoms with E-state index in [0.717, 1.165) is 33.7 Å². The second-order valence-corrected chi connectivity index (χ2v) is 5.49. The van der Waals surface area contributed by atoms with Crippen LogP contribution in [0.3, 0.4) is 0 Å². The molecule has 0 unspecified atom stereocenters. The van der Waals surface area contributed by atoms with Crippen LogP contribution in [0.5, 0.6) is 5.75 Å². The van der Waals surface area contributed by atoms with Crippen LogP contribution in [-0.2, 0) is 0 Å². The summed E-state index contributed by atoms with van der Waals surface area (Å²) in [5.74, 6) is 0.784. The molecule has 22 heavy (non-hydrogen) atoms. The van der Waals surface area contributed by atoms with E-state index in [1.807, 2.05) is 58.0 Å². The molecule has 2 rings (SSSR count). The lowest BCUT2D eigenvalue weighted by Gasteiger charge is -2.12. The molecule has 0 saturated heterocycles. The first kappa shape index (κ1) is 15.9. The summed E-state index contributed by atoms with van der Waals surface area (Å²) in [7, 11) is 0. The zero-order chi connectivity index (χ0) is 16.1. The summed E-state index contributed by atoms with van der Waals surface area (Å²) in [6.45, 7) is 8.16. The highest BCUT2D eigenvalue weighted by Gasteiger charge is 2.04. The SMILES string of the molecule is Cc1cc(C)cc(NC(=O)NCOc2cccc(C)c2C)c1. The van der Waals surface area contributed by atoms with Crippen molar-refractivity contribution in [3.63, 3.8) is 0 Å². The van der Waals surface area contributed by atoms with Gasteiger partial charge in [0.1, 0.15) is 5.75 Å². The van der Waals surface area contributed by atoms with Gasteiger partial charge in [0.25, 0.3) is 0 Å². The topological polar surface area (TPSA) is 50.4 Å². The van der Waals surface area contributed by atoms with E-state index in [9.17, 15) is 4.79 Å². The van der Waals surface area contributed by atoms with Crippen LogP contribution in [0.1, 0.15) is 22.3 Å². The van der Waals surface area contributed by atoms with Crippen LogP contribution in [0.25, 0.3) is 0 Å². The Morgan fingerprint density at radius 1 is 1.05 bits per heavy atom. The third-order valence-electron chi connectivity index (χ3n) is 3.49. The Morgan fingerprint density at radius 2 is 1.73 bits per heavy atom. The maximum atomic E-state index is 11.9. The van der Waals surface area contributed by atoms with E-state index in [1.165, 1.54) is 0 Å². The molecule has 0 aromatic heterocycles. The van der Waals surface area contributed by atoms with Crippen LogP contribution in [0.15, 0.2) is 36.4 Å². The van der Waals surface area contributed by atoms with Crippen LogP contribution in [-0.4, -0.2) is 12.8 Å². The predicted molar refractivity (Wildman–Crippen MR) is 89.5 cm³/mol. The highest BCUT2D eigenvalue weighted by molar-refractivity contribution is 5.89. The Hall–Kier alpha value is -2.49. The molecule has 2 N–H and O–H groups in total. The first-order valence-corrected chi connectivity index (χ1v) is 7.28. The zero-order valence-corrected chi connectivity index (χ0v) is 13.5. The van der Waals surface area contributed by atoms with Crippen LogP contribution in [0, 0.1) is 27.7 Å². The van der Waals surface area contributed by atoms with Crippen molar-refractivity contribution in [3.05, 3.63) is 58.7 Å². The van der Waals surface area contributed by atoms with E-state index < -0.39 is 0 Å². The van der Waals surface area contributed by atoms with Gasteiger partial charge in [-0.2, -0.15) is 0 Å². The Bertz CT molecular complexity index is 661. The summed E-state index contributed by atoms with van der Waals surface area (Å²) in [4.78, 5) is 11.9. The summed E-state index contributed by atoms with van der Waals surface area (Å²) in [6, 6.07) is 11.5. The van der Waals surface area contributed by atoms with Crippen LogP contribution in [0.2, 0.25) is 0 Å². The third kappa shape index (κ3) is 4.25. The number of ether oxygens (including phenoxy) is 1. The lowest BCUT2D eigenvalue weighted by Crippen LogP contribution is -2.32. The normalized spacial score (nSPS) is 10.2. The average Bonchev–Trinajstić information content (AvgIpc) is 2.42. The molecular weight excluding hydrogens is 276 g/mol. The Balaban J connectivity index is 1.86. The van der Waals surface area contributed by atoms with Crippen molar-refractivity contribution in [1.82, 2.24) is 5.32 Å². The minimum absolute atomic E-state index is 0.126. The summed E-state index contributed by atoms with van der Waals surface area (Å²) >= 11 is 0. The monoisotopic (exact) mass is 298 g/mol. The summed E-state index contributed by atoms with van der Waals surface area (Å²) in [6.07, 6.45) is 0. The van der Waals surface area contributed by atoms with E-state index in [-0.39, 0.29) is 12.8 Å². The van der Waals surface area contributed by atoms with E-state index >= 15 is 0 Å². The molecule has 0 atom stereocenters. The number of carbonyl (C=O) groups is 1. The number of amides is 2. The number of rotatable bonds is 4. The fraction of sp³-hybridized carbons (Fsp3) is 0.278. The molecule has 2 amide bonds. The molecule has 0 heterocycles. The fourth-order valence-corrected chi connectivity index (χ4v) is 2.28. The predicted octanol–water partition coefficient (Wildman–Crippen LogP) is 4.08. The molecule has 0 aliphatic heterocycles. The van der Waals surface area contributed by atoms with Gasteiger partial charge in [0.05, 0.1) is 0 Å². The summed E-state index contributed by atoms with van der Waals surface area (Å²) < 4.78 is 5.60. The summed E-state index contributed by atoms with van der Waals surface area (Å²) in [5, 5.41) is 5.50. The Labute approximate surface area is 131 Å². The lowest BCUT2D eigenvalue weighted by molar-refractivity contribution is 0.234. The average molecular weight is 298 g/mol. The Morgan fingerprint density at radius 3 is 2.41 bits per heavy atom. The maximum Gasteiger partial charge on any atom is 0.321 e. The van der Waals surface area contributed by atoms with Gasteiger partial charge in [-0.25, -0.2) is 4.79 Å². The van der Waals surface area contributed by atoms with Gasteiger partial charge in [0.15, 0.2) is 6.73 Å². The van der Waals surface area contributed by atoms with Crippen molar-refractivity contribution in [2.75, 3.05) is 12.0 Å². The second-order valence-electron chi connectivity index (χ2n) is 5.49. The third-order valence-corrected chi connectivity index (χ3v) is 3.49. The van der Waals surface area contributed by atoms with Crippen LogP contribution in [0.4, 0.5) is 10.5 Å². The number of nitrogens with one attached hydrogen (secondary N) is 2. The molecule has 0 radical (unpaired) electrons. The van der Waals surface area contributed by atoms with E-state index in [2.05, 4.69) is 16.7 Å². The largest absolute Gasteiger partial charge is 0.473 e. The molecule has 0 aliphatic rings. The van der Waals surface area contributed by atoms with Gasteiger partial charge >= 0.3 is 6.03 Å². The molecule has 4 nitrogen and oxygen atoms in total. The van der Waals surface area contributed by atoms with Gasteiger partial charge in [-0.15, -0.1) is 0 Å². The van der Waals surface area contributed by atoms with Crippen molar-refractivity contribution in [2.24, 2.45) is 0 Å². The number of urea groups is 1. The van der Waals surface area contributed by atoms with Crippen LogP contribution < -0.4 is 15.4 Å². The van der Waals surface area contributed by atoms with E-state index in [0.29, 0.717) is 0 Å². The van der Waals surface area contributed by atoms with Gasteiger partial charge < -0.3 is 15.4 Å². The zero-order valence-electron chi connectivity index (χ0n) is 13.5. The minimum Gasteiger partial charge on any atom is -0.473 e. The van der Waals surface area contributed by atoms with E-state index in [4.69, 9.17) is 4.74 Å². The summed E-state index contributed by atoms with van der Waals surface area (Å²) in [5.41, 5.74) is 5.25. The molecular formula is C18H22N2O2. The molecule has 0 saturated carbocycles. The van der Waals surface area contributed by atoms with Crippen molar-refractivity contribution < 1.29 is 9.53 Å². The Kier molecular flexibility index (Phi) is 5.04. The quantitative estimate of drug-likeness (QED) is 0.836. The standard InChI is InChI=1S/C18H22N2O2/c1-12-8-13(2)10-16(9-12)20-18(21)19-11-22-17-7-5-6-14(3)15(17)4/h5-10H,11H2,1-4H3,(H2,19,20,21). The highest BCUT2D eigenvalue weighted by Crippen LogP contribution is 2.20. The molecule has 116 valence electrons. The smallest absolute Gasteiger partial charge is 0.321 e. The van der Waals surface area contributed by atoms with E-state index in [1.54, 1.807) is 0 Å². The maximum absolute atomic E-state index is 11.9.